The fraction of sp³-hybridized carbons (Fsp3) is 0.909. The van der Waals surface area contributed by atoms with E-state index in [9.17, 15) is 4.79 Å². The molecular formula is C11H24N2O2. The van der Waals surface area contributed by atoms with E-state index in [1.807, 2.05) is 6.92 Å². The third-order valence-corrected chi connectivity index (χ3v) is 2.02. The number of unbranched alkanes of at least 4 members (excludes halogenated alkanes) is 2. The van der Waals surface area contributed by atoms with E-state index in [0.717, 1.165) is 26.0 Å². The van der Waals surface area contributed by atoms with Crippen LogP contribution in [-0.4, -0.2) is 32.3 Å². The summed E-state index contributed by atoms with van der Waals surface area (Å²) >= 11 is 0. The van der Waals surface area contributed by atoms with Crippen molar-refractivity contribution in [1.29, 1.82) is 0 Å². The first-order valence-corrected chi connectivity index (χ1v) is 5.90. The zero-order valence-corrected chi connectivity index (χ0v) is 9.97. The minimum Gasteiger partial charge on any atom is -0.382 e. The lowest BCUT2D eigenvalue weighted by Crippen LogP contribution is -2.36. The van der Waals surface area contributed by atoms with Crippen LogP contribution in [0.1, 0.15) is 39.5 Å². The Morgan fingerprint density at radius 3 is 2.33 bits per heavy atom. The number of rotatable bonds is 9. The summed E-state index contributed by atoms with van der Waals surface area (Å²) in [5, 5.41) is 5.61. The number of hydrogen-bond donors (Lipinski definition) is 2. The summed E-state index contributed by atoms with van der Waals surface area (Å²) in [6.45, 7) is 7.02. The molecule has 0 aromatic heterocycles. The van der Waals surface area contributed by atoms with Gasteiger partial charge in [0.25, 0.3) is 0 Å². The molecule has 0 spiro atoms. The highest BCUT2D eigenvalue weighted by atomic mass is 16.5. The van der Waals surface area contributed by atoms with Gasteiger partial charge in [-0.05, 0) is 19.8 Å². The molecule has 0 aromatic carbocycles. The summed E-state index contributed by atoms with van der Waals surface area (Å²) in [5.41, 5.74) is 0. The van der Waals surface area contributed by atoms with Crippen LogP contribution in [0.4, 0.5) is 4.79 Å². The maximum absolute atomic E-state index is 11.2. The summed E-state index contributed by atoms with van der Waals surface area (Å²) in [7, 11) is 0. The Morgan fingerprint density at radius 2 is 1.73 bits per heavy atom. The Bertz CT molecular complexity index is 152. The largest absolute Gasteiger partial charge is 0.382 e. The van der Waals surface area contributed by atoms with E-state index in [-0.39, 0.29) is 6.03 Å². The highest BCUT2D eigenvalue weighted by Crippen LogP contribution is 1.90. The Morgan fingerprint density at radius 1 is 1.07 bits per heavy atom. The summed E-state index contributed by atoms with van der Waals surface area (Å²) in [4.78, 5) is 11.2. The molecule has 0 rings (SSSR count). The van der Waals surface area contributed by atoms with Crippen LogP contribution >= 0.6 is 0 Å². The lowest BCUT2D eigenvalue weighted by molar-refractivity contribution is 0.145. The molecule has 0 fully saturated rings. The van der Waals surface area contributed by atoms with E-state index >= 15 is 0 Å². The number of carbonyl (C=O) groups is 1. The topological polar surface area (TPSA) is 50.4 Å². The van der Waals surface area contributed by atoms with Crippen molar-refractivity contribution in [3.05, 3.63) is 0 Å². The van der Waals surface area contributed by atoms with Crippen LogP contribution in [0.5, 0.6) is 0 Å². The molecule has 0 bridgehead atoms. The van der Waals surface area contributed by atoms with Crippen molar-refractivity contribution in [3.63, 3.8) is 0 Å². The first-order valence-electron chi connectivity index (χ1n) is 5.90. The smallest absolute Gasteiger partial charge is 0.314 e. The van der Waals surface area contributed by atoms with E-state index < -0.39 is 0 Å². The molecule has 0 radical (unpaired) electrons. The quantitative estimate of drug-likeness (QED) is 0.578. The number of amides is 2. The standard InChI is InChI=1S/C11H24N2O2/c1-3-5-6-8-12-11(14)13-9-7-10-15-4-2/h3-10H2,1-2H3,(H2,12,13,14). The van der Waals surface area contributed by atoms with Crippen LogP contribution in [0, 0.1) is 0 Å². The highest BCUT2D eigenvalue weighted by Gasteiger charge is 1.97. The Kier molecular flexibility index (Phi) is 10.7. The number of ether oxygens (including phenoxy) is 1. The molecule has 15 heavy (non-hydrogen) atoms. The maximum atomic E-state index is 11.2. The van der Waals surface area contributed by atoms with Crippen molar-refractivity contribution in [2.75, 3.05) is 26.3 Å². The second-order valence-electron chi connectivity index (χ2n) is 3.44. The lowest BCUT2D eigenvalue weighted by atomic mass is 10.2. The van der Waals surface area contributed by atoms with Crippen LogP contribution in [-0.2, 0) is 4.74 Å². The van der Waals surface area contributed by atoms with Gasteiger partial charge in [0, 0.05) is 26.3 Å². The normalized spacial score (nSPS) is 10.0. The average molecular weight is 216 g/mol. The van der Waals surface area contributed by atoms with Gasteiger partial charge in [-0.2, -0.15) is 0 Å². The minimum absolute atomic E-state index is 0.0670. The van der Waals surface area contributed by atoms with Gasteiger partial charge in [-0.25, -0.2) is 4.79 Å². The second-order valence-corrected chi connectivity index (χ2v) is 3.44. The van der Waals surface area contributed by atoms with Crippen molar-refractivity contribution in [1.82, 2.24) is 10.6 Å². The monoisotopic (exact) mass is 216 g/mol. The first-order chi connectivity index (χ1) is 7.31. The summed E-state index contributed by atoms with van der Waals surface area (Å²) < 4.78 is 5.16. The van der Waals surface area contributed by atoms with Crippen molar-refractivity contribution in [2.45, 2.75) is 39.5 Å². The van der Waals surface area contributed by atoms with Gasteiger partial charge in [-0.15, -0.1) is 0 Å². The van der Waals surface area contributed by atoms with E-state index in [1.54, 1.807) is 0 Å². The number of nitrogens with one attached hydrogen (secondary N) is 2. The molecule has 2 N–H and O–H groups in total. The molecule has 90 valence electrons. The van der Waals surface area contributed by atoms with Crippen molar-refractivity contribution >= 4 is 6.03 Å². The Balaban J connectivity index is 3.11. The third-order valence-electron chi connectivity index (χ3n) is 2.02. The van der Waals surface area contributed by atoms with Gasteiger partial charge in [0.05, 0.1) is 0 Å². The van der Waals surface area contributed by atoms with Gasteiger partial charge in [-0.3, -0.25) is 0 Å². The molecule has 0 heterocycles. The van der Waals surface area contributed by atoms with Crippen LogP contribution in [0.2, 0.25) is 0 Å². The SMILES string of the molecule is CCCCCNC(=O)NCCCOCC. The average Bonchev–Trinajstić information content (AvgIpc) is 2.24. The zero-order chi connectivity index (χ0) is 11.4. The lowest BCUT2D eigenvalue weighted by Gasteiger charge is -2.07. The predicted octanol–water partition coefficient (Wildman–Crippen LogP) is 1.90. The summed E-state index contributed by atoms with van der Waals surface area (Å²) in [5.74, 6) is 0. The van der Waals surface area contributed by atoms with Gasteiger partial charge >= 0.3 is 6.03 Å². The van der Waals surface area contributed by atoms with Crippen molar-refractivity contribution in [2.24, 2.45) is 0 Å². The second kappa shape index (κ2) is 11.3. The van der Waals surface area contributed by atoms with Gasteiger partial charge in [0.2, 0.25) is 0 Å². The third kappa shape index (κ3) is 11.2. The molecule has 4 nitrogen and oxygen atoms in total. The first kappa shape index (κ1) is 14.2. The zero-order valence-electron chi connectivity index (χ0n) is 9.97. The van der Waals surface area contributed by atoms with Gasteiger partial charge in [0.1, 0.15) is 0 Å². The van der Waals surface area contributed by atoms with Crippen LogP contribution in [0.3, 0.4) is 0 Å². The van der Waals surface area contributed by atoms with Gasteiger partial charge in [0.15, 0.2) is 0 Å². The molecule has 4 heteroatoms. The van der Waals surface area contributed by atoms with Crippen molar-refractivity contribution < 1.29 is 9.53 Å². The fourth-order valence-electron chi connectivity index (χ4n) is 1.16. The molecule has 0 aliphatic heterocycles. The molecule has 0 saturated heterocycles. The molecule has 0 unspecified atom stereocenters. The molecule has 2 amide bonds. The number of urea groups is 1. The molecule has 0 aliphatic rings. The molecule has 0 aromatic rings. The molecule has 0 saturated carbocycles. The fourth-order valence-corrected chi connectivity index (χ4v) is 1.16. The van der Waals surface area contributed by atoms with Crippen LogP contribution in [0.15, 0.2) is 0 Å². The summed E-state index contributed by atoms with van der Waals surface area (Å²) in [6, 6.07) is -0.0670. The predicted molar refractivity (Wildman–Crippen MR) is 62.0 cm³/mol. The Labute approximate surface area is 92.8 Å². The van der Waals surface area contributed by atoms with E-state index in [1.165, 1.54) is 12.8 Å². The molecule has 0 atom stereocenters. The number of hydrogen-bond acceptors (Lipinski definition) is 2. The minimum atomic E-state index is -0.0670. The Hall–Kier alpha value is -0.770. The molecular weight excluding hydrogens is 192 g/mol. The van der Waals surface area contributed by atoms with Crippen LogP contribution < -0.4 is 10.6 Å². The van der Waals surface area contributed by atoms with Gasteiger partial charge < -0.3 is 15.4 Å². The number of carbonyl (C=O) groups excluding carboxylic acids is 1. The van der Waals surface area contributed by atoms with E-state index in [0.29, 0.717) is 13.2 Å². The van der Waals surface area contributed by atoms with Crippen LogP contribution in [0.25, 0.3) is 0 Å². The van der Waals surface area contributed by atoms with E-state index in [4.69, 9.17) is 4.74 Å². The van der Waals surface area contributed by atoms with Gasteiger partial charge in [-0.1, -0.05) is 19.8 Å². The maximum Gasteiger partial charge on any atom is 0.314 e. The van der Waals surface area contributed by atoms with E-state index in [2.05, 4.69) is 17.6 Å². The summed E-state index contributed by atoms with van der Waals surface area (Å²) in [6.07, 6.45) is 4.28. The molecule has 0 aliphatic carbocycles. The van der Waals surface area contributed by atoms with Crippen molar-refractivity contribution in [3.8, 4) is 0 Å². The highest BCUT2D eigenvalue weighted by molar-refractivity contribution is 5.73.